The number of nitrogens with zero attached hydrogens (tertiary/aromatic N) is 2. The average Bonchev–Trinajstić information content (AvgIpc) is 2.81. The number of anilines is 1. The minimum atomic E-state index is -1.61. The molecule has 34 heavy (non-hydrogen) atoms. The van der Waals surface area contributed by atoms with E-state index in [1.54, 1.807) is 12.3 Å². The van der Waals surface area contributed by atoms with Crippen LogP contribution in [0, 0.1) is 29.2 Å². The largest absolute Gasteiger partial charge is 0.391 e. The van der Waals surface area contributed by atoms with E-state index in [9.17, 15) is 27.5 Å². The van der Waals surface area contributed by atoms with Crippen LogP contribution in [-0.2, 0) is 0 Å². The summed E-state index contributed by atoms with van der Waals surface area (Å²) in [5.74, 6) is -6.21. The van der Waals surface area contributed by atoms with Gasteiger partial charge in [0.25, 0.3) is 5.91 Å². The van der Waals surface area contributed by atoms with Gasteiger partial charge in [0.15, 0.2) is 11.6 Å². The number of pyridine rings is 2. The fraction of sp³-hybridized carbons (Fsp3) is 0.292. The summed E-state index contributed by atoms with van der Waals surface area (Å²) in [5.41, 5.74) is 5.03. The molecule has 0 bridgehead atoms. The smallest absolute Gasteiger partial charge is 0.274 e. The molecule has 10 heteroatoms. The number of halogens is 4. The normalized spacial score (nSPS) is 22.4. The first-order valence-corrected chi connectivity index (χ1v) is 10.7. The number of carbonyl (C=O) groups is 1. The van der Waals surface area contributed by atoms with Crippen molar-refractivity contribution in [1.29, 1.82) is 0 Å². The fourth-order valence-electron chi connectivity index (χ4n) is 4.37. The summed E-state index contributed by atoms with van der Waals surface area (Å²) in [6.07, 6.45) is 3.51. The van der Waals surface area contributed by atoms with Gasteiger partial charge in [0.1, 0.15) is 23.0 Å². The van der Waals surface area contributed by atoms with Crippen LogP contribution in [0.2, 0.25) is 0 Å². The molecule has 1 aliphatic rings. The number of aliphatic hydroxyl groups excluding tert-OH is 1. The van der Waals surface area contributed by atoms with Crippen molar-refractivity contribution in [3.05, 3.63) is 77.3 Å². The molecule has 1 aromatic carbocycles. The Kier molecular flexibility index (Phi) is 6.63. The third-order valence-corrected chi connectivity index (χ3v) is 6.14. The molecule has 0 unspecified atom stereocenters. The van der Waals surface area contributed by atoms with Crippen LogP contribution in [0.25, 0.3) is 11.3 Å². The first-order valence-electron chi connectivity index (χ1n) is 10.7. The van der Waals surface area contributed by atoms with E-state index in [-0.39, 0.29) is 17.5 Å². The van der Waals surface area contributed by atoms with Crippen molar-refractivity contribution >= 4 is 11.6 Å². The maximum absolute atomic E-state index is 14.4. The van der Waals surface area contributed by atoms with Gasteiger partial charge in [0.2, 0.25) is 0 Å². The number of nitrogens with one attached hydrogen (secondary N) is 1. The molecule has 0 spiro atoms. The van der Waals surface area contributed by atoms with E-state index >= 15 is 0 Å². The quantitative estimate of drug-likeness (QED) is 0.390. The number of aliphatic hydroxyl groups is 1. The van der Waals surface area contributed by atoms with Crippen LogP contribution < -0.4 is 11.1 Å². The summed E-state index contributed by atoms with van der Waals surface area (Å²) in [7, 11) is 0. The van der Waals surface area contributed by atoms with Gasteiger partial charge in [0.05, 0.1) is 23.6 Å². The van der Waals surface area contributed by atoms with Gasteiger partial charge < -0.3 is 16.2 Å². The Morgan fingerprint density at radius 2 is 1.76 bits per heavy atom. The maximum atomic E-state index is 14.4. The number of benzene rings is 1. The molecular weight excluding hydrogens is 452 g/mol. The molecule has 4 rings (SSSR count). The Labute approximate surface area is 192 Å². The summed E-state index contributed by atoms with van der Waals surface area (Å²) in [6.45, 7) is 1.89. The van der Waals surface area contributed by atoms with Crippen molar-refractivity contribution in [3.63, 3.8) is 0 Å². The lowest BCUT2D eigenvalue weighted by Gasteiger charge is -2.36. The number of hydrogen-bond donors (Lipinski definition) is 3. The highest BCUT2D eigenvalue weighted by Crippen LogP contribution is 2.38. The van der Waals surface area contributed by atoms with Gasteiger partial charge >= 0.3 is 0 Å². The highest BCUT2D eigenvalue weighted by molar-refractivity contribution is 6.03. The van der Waals surface area contributed by atoms with Crippen molar-refractivity contribution in [2.45, 2.75) is 37.8 Å². The van der Waals surface area contributed by atoms with Gasteiger partial charge in [-0.25, -0.2) is 22.5 Å². The van der Waals surface area contributed by atoms with E-state index in [4.69, 9.17) is 5.73 Å². The lowest BCUT2D eigenvalue weighted by molar-refractivity contribution is 0.0521. The Hall–Kier alpha value is -3.37. The number of carbonyl (C=O) groups excluding carboxylic acids is 1. The van der Waals surface area contributed by atoms with Crippen LogP contribution in [0.4, 0.5) is 23.2 Å². The van der Waals surface area contributed by atoms with E-state index in [1.807, 2.05) is 6.92 Å². The van der Waals surface area contributed by atoms with Crippen molar-refractivity contribution < 1.29 is 27.5 Å². The fourth-order valence-corrected chi connectivity index (χ4v) is 4.37. The number of rotatable bonds is 4. The Balaban J connectivity index is 1.65. The summed E-state index contributed by atoms with van der Waals surface area (Å²) in [6, 6.07) is 4.41. The van der Waals surface area contributed by atoms with Crippen molar-refractivity contribution in [2.24, 2.45) is 11.7 Å². The molecule has 1 fully saturated rings. The molecule has 0 saturated heterocycles. The molecule has 0 radical (unpaired) electrons. The molecule has 6 nitrogen and oxygen atoms in total. The van der Waals surface area contributed by atoms with Crippen LogP contribution >= 0.6 is 0 Å². The number of amides is 1. The Morgan fingerprint density at radius 3 is 2.50 bits per heavy atom. The van der Waals surface area contributed by atoms with Crippen LogP contribution in [0.3, 0.4) is 0 Å². The van der Waals surface area contributed by atoms with E-state index in [1.165, 1.54) is 6.20 Å². The van der Waals surface area contributed by atoms with Crippen LogP contribution in [0.1, 0.15) is 41.7 Å². The molecule has 0 aliphatic heterocycles. The van der Waals surface area contributed by atoms with Crippen molar-refractivity contribution in [3.8, 4) is 11.3 Å². The first-order chi connectivity index (χ1) is 16.2. The average molecular weight is 474 g/mol. The van der Waals surface area contributed by atoms with Crippen molar-refractivity contribution in [1.82, 2.24) is 9.97 Å². The summed E-state index contributed by atoms with van der Waals surface area (Å²) in [4.78, 5) is 20.7. The highest BCUT2D eigenvalue weighted by atomic mass is 19.2. The summed E-state index contributed by atoms with van der Waals surface area (Å²) in [5, 5.41) is 12.8. The van der Waals surface area contributed by atoms with Crippen LogP contribution in [0.5, 0.6) is 0 Å². The minimum Gasteiger partial charge on any atom is -0.391 e. The zero-order valence-corrected chi connectivity index (χ0v) is 18.1. The molecule has 4 N–H and O–H groups in total. The molecule has 2 heterocycles. The molecule has 1 aliphatic carbocycles. The lowest BCUT2D eigenvalue weighted by Crippen LogP contribution is -2.44. The van der Waals surface area contributed by atoms with Gasteiger partial charge in [-0.2, -0.15) is 0 Å². The minimum absolute atomic E-state index is 0.0529. The molecule has 178 valence electrons. The topological polar surface area (TPSA) is 101 Å². The summed E-state index contributed by atoms with van der Waals surface area (Å²) >= 11 is 0. The Morgan fingerprint density at radius 1 is 1.06 bits per heavy atom. The van der Waals surface area contributed by atoms with Crippen LogP contribution in [0.15, 0.2) is 42.7 Å². The zero-order chi connectivity index (χ0) is 24.6. The third kappa shape index (κ3) is 4.51. The van der Waals surface area contributed by atoms with Gasteiger partial charge in [-0.3, -0.25) is 9.78 Å². The van der Waals surface area contributed by atoms with Gasteiger partial charge in [-0.1, -0.05) is 6.92 Å². The standard InChI is InChI=1S/C24H22F4N4O2/c1-11-8-12(9-17(29)23(11)33)13-6-7-30-10-19(13)32-24(34)18-5-4-16(27)22(31-18)20-14(25)2-3-15(26)21(20)28/h2-7,10-12,17,23,33H,8-9,29H2,1H3,(H,32,34)/t11-,12+,17+,23+/m0/s1. The van der Waals surface area contributed by atoms with E-state index in [0.717, 1.165) is 17.7 Å². The predicted molar refractivity (Wildman–Crippen MR) is 117 cm³/mol. The van der Waals surface area contributed by atoms with E-state index in [0.29, 0.717) is 30.7 Å². The second-order valence-corrected chi connectivity index (χ2v) is 8.46. The Bertz CT molecular complexity index is 1230. The lowest BCUT2D eigenvalue weighted by atomic mass is 9.74. The van der Waals surface area contributed by atoms with Gasteiger partial charge in [-0.15, -0.1) is 0 Å². The number of nitrogens with two attached hydrogens (primary N) is 1. The maximum Gasteiger partial charge on any atom is 0.274 e. The monoisotopic (exact) mass is 474 g/mol. The van der Waals surface area contributed by atoms with E-state index in [2.05, 4.69) is 15.3 Å². The SMILES string of the molecule is C[C@H]1C[C@@H](c2ccncc2NC(=O)c2ccc(F)c(-c3c(F)ccc(F)c3F)n2)C[C@@H](N)[C@@H]1O. The van der Waals surface area contributed by atoms with Gasteiger partial charge in [-0.05, 0) is 60.6 Å². The van der Waals surface area contributed by atoms with Crippen molar-refractivity contribution in [2.75, 3.05) is 5.32 Å². The highest BCUT2D eigenvalue weighted by Gasteiger charge is 2.34. The zero-order valence-electron chi connectivity index (χ0n) is 18.1. The van der Waals surface area contributed by atoms with E-state index < -0.39 is 52.6 Å². The first kappa shape index (κ1) is 23.8. The summed E-state index contributed by atoms with van der Waals surface area (Å²) < 4.78 is 56.4. The number of hydrogen-bond acceptors (Lipinski definition) is 5. The molecule has 1 amide bonds. The second kappa shape index (κ2) is 9.47. The molecule has 1 saturated carbocycles. The molecule has 2 aromatic heterocycles. The molecule has 4 atom stereocenters. The number of aromatic nitrogens is 2. The third-order valence-electron chi connectivity index (χ3n) is 6.14. The molecule has 3 aromatic rings. The van der Waals surface area contributed by atoms with Crippen LogP contribution in [-0.4, -0.2) is 33.1 Å². The van der Waals surface area contributed by atoms with Gasteiger partial charge in [0, 0.05) is 12.2 Å². The molecular formula is C24H22F4N4O2. The second-order valence-electron chi connectivity index (χ2n) is 8.46. The predicted octanol–water partition coefficient (Wildman–Crippen LogP) is 4.15.